The van der Waals surface area contributed by atoms with Gasteiger partial charge < -0.3 is 9.72 Å². The maximum absolute atomic E-state index is 12.8. The molecule has 0 aliphatic heterocycles. The van der Waals surface area contributed by atoms with E-state index in [2.05, 4.69) is 10.3 Å². The number of pyridine rings is 1. The molecule has 3 aromatic rings. The van der Waals surface area contributed by atoms with Gasteiger partial charge in [0.2, 0.25) is 0 Å². The van der Waals surface area contributed by atoms with Crippen LogP contribution >= 0.6 is 11.6 Å². The van der Waals surface area contributed by atoms with E-state index in [4.69, 9.17) is 11.6 Å². The summed E-state index contributed by atoms with van der Waals surface area (Å²) >= 11 is 5.59. The third-order valence-electron chi connectivity index (χ3n) is 3.16. The number of hydrogen-bond donors (Lipinski definition) is 1. The van der Waals surface area contributed by atoms with Gasteiger partial charge in [0.15, 0.2) is 0 Å². The number of halogens is 4. The third kappa shape index (κ3) is 3.01. The van der Waals surface area contributed by atoms with Crippen LogP contribution in [0.1, 0.15) is 11.3 Å². The number of hydrogen-bond acceptors (Lipinski definition) is 2. The van der Waals surface area contributed by atoms with Gasteiger partial charge in [-0.1, -0.05) is 17.7 Å². The smallest absolute Gasteiger partial charge is 0.379 e. The van der Waals surface area contributed by atoms with Crippen LogP contribution in [0.5, 0.6) is 0 Å². The van der Waals surface area contributed by atoms with Crippen molar-refractivity contribution in [3.05, 3.63) is 65.1 Å². The molecule has 0 atom stereocenters. The van der Waals surface area contributed by atoms with Gasteiger partial charge in [0.05, 0.1) is 22.8 Å². The molecule has 0 aliphatic carbocycles. The normalized spacial score (nSPS) is 11.8. The average Bonchev–Trinajstić information content (AvgIpc) is 2.88. The lowest BCUT2D eigenvalue weighted by molar-refractivity contribution is -0.137. The van der Waals surface area contributed by atoms with Gasteiger partial charge in [-0.05, 0) is 30.3 Å². The molecule has 0 saturated heterocycles. The highest BCUT2D eigenvalue weighted by atomic mass is 35.5. The number of fused-ring (bicyclic) bond motifs is 1. The predicted molar refractivity (Wildman–Crippen MR) is 79.0 cm³/mol. The molecule has 1 N–H and O–H groups in total. The molecule has 1 aromatic carbocycles. The summed E-state index contributed by atoms with van der Waals surface area (Å²) < 4.78 is 40.3. The molecule has 2 aromatic heterocycles. The zero-order valence-corrected chi connectivity index (χ0v) is 12.0. The van der Waals surface area contributed by atoms with Gasteiger partial charge in [-0.3, -0.25) is 0 Å². The Morgan fingerprint density at radius 1 is 1.18 bits per heavy atom. The first-order chi connectivity index (χ1) is 10.4. The van der Waals surface area contributed by atoms with E-state index in [1.165, 1.54) is 12.1 Å². The fourth-order valence-electron chi connectivity index (χ4n) is 2.12. The van der Waals surface area contributed by atoms with Crippen LogP contribution in [-0.2, 0) is 12.7 Å². The summed E-state index contributed by atoms with van der Waals surface area (Å²) in [6, 6.07) is 9.34. The standard InChI is InChI=1S/C15H11ClF3N3/c16-13-5-4-10(7-12(13)15(17,18)19)20-8-11-9-22-6-2-1-3-14(22)21-11/h1-7,9,20H,8H2. The number of anilines is 1. The number of imidazole rings is 1. The van der Waals surface area contributed by atoms with Crippen molar-refractivity contribution in [3.8, 4) is 0 Å². The second kappa shape index (κ2) is 5.53. The van der Waals surface area contributed by atoms with Crippen molar-refractivity contribution in [2.45, 2.75) is 12.7 Å². The van der Waals surface area contributed by atoms with Crippen molar-refractivity contribution >= 4 is 22.9 Å². The van der Waals surface area contributed by atoms with Gasteiger partial charge in [0, 0.05) is 18.1 Å². The third-order valence-corrected chi connectivity index (χ3v) is 3.49. The Morgan fingerprint density at radius 2 is 2.00 bits per heavy atom. The molecule has 0 spiro atoms. The molecule has 0 aliphatic rings. The Kier molecular flexibility index (Phi) is 3.70. The Bertz CT molecular complexity index is 778. The summed E-state index contributed by atoms with van der Waals surface area (Å²) in [5, 5.41) is 2.61. The SMILES string of the molecule is FC(F)(F)c1cc(NCc2cn3ccccc3n2)ccc1Cl. The second-order valence-corrected chi connectivity index (χ2v) is 5.15. The summed E-state index contributed by atoms with van der Waals surface area (Å²) in [5.74, 6) is 0. The van der Waals surface area contributed by atoms with Crippen LogP contribution in [0.4, 0.5) is 18.9 Å². The number of rotatable bonds is 3. The van der Waals surface area contributed by atoms with Crippen molar-refractivity contribution in [2.75, 3.05) is 5.32 Å². The molecular formula is C15H11ClF3N3. The molecule has 0 unspecified atom stereocenters. The summed E-state index contributed by atoms with van der Waals surface area (Å²) in [6.45, 7) is 0.320. The fourth-order valence-corrected chi connectivity index (χ4v) is 2.34. The van der Waals surface area contributed by atoms with Gasteiger partial charge in [-0.25, -0.2) is 4.98 Å². The lowest BCUT2D eigenvalue weighted by atomic mass is 10.2. The van der Waals surface area contributed by atoms with Crippen LogP contribution in [0.3, 0.4) is 0 Å². The number of aromatic nitrogens is 2. The molecule has 3 nitrogen and oxygen atoms in total. The highest BCUT2D eigenvalue weighted by Crippen LogP contribution is 2.36. The monoisotopic (exact) mass is 325 g/mol. The number of nitrogens with zero attached hydrogens (tertiary/aromatic N) is 2. The van der Waals surface area contributed by atoms with E-state index in [-0.39, 0.29) is 5.02 Å². The van der Waals surface area contributed by atoms with Crippen molar-refractivity contribution in [3.63, 3.8) is 0 Å². The minimum atomic E-state index is -4.47. The molecule has 0 fully saturated rings. The molecular weight excluding hydrogens is 315 g/mol. The molecule has 7 heteroatoms. The van der Waals surface area contributed by atoms with E-state index in [0.717, 1.165) is 17.4 Å². The Balaban J connectivity index is 1.79. The van der Waals surface area contributed by atoms with Crippen LogP contribution in [0.2, 0.25) is 5.02 Å². The predicted octanol–water partition coefficient (Wildman–Crippen LogP) is 4.62. The molecule has 2 heterocycles. The number of nitrogens with one attached hydrogen (secondary N) is 1. The van der Waals surface area contributed by atoms with Crippen LogP contribution in [0.25, 0.3) is 5.65 Å². The van der Waals surface area contributed by atoms with Gasteiger partial charge >= 0.3 is 6.18 Å². The lowest BCUT2D eigenvalue weighted by Gasteiger charge is -2.11. The van der Waals surface area contributed by atoms with Gasteiger partial charge in [0.1, 0.15) is 5.65 Å². The van der Waals surface area contributed by atoms with Gasteiger partial charge in [-0.2, -0.15) is 13.2 Å². The van der Waals surface area contributed by atoms with Crippen molar-refractivity contribution in [1.82, 2.24) is 9.38 Å². The molecule has 0 saturated carbocycles. The van der Waals surface area contributed by atoms with E-state index >= 15 is 0 Å². The minimum Gasteiger partial charge on any atom is -0.379 e. The fraction of sp³-hybridized carbons (Fsp3) is 0.133. The Morgan fingerprint density at radius 3 is 2.73 bits per heavy atom. The van der Waals surface area contributed by atoms with Gasteiger partial charge in [0.25, 0.3) is 0 Å². The number of benzene rings is 1. The Hall–Kier alpha value is -2.21. The quantitative estimate of drug-likeness (QED) is 0.761. The van der Waals surface area contributed by atoms with Crippen molar-refractivity contribution in [2.24, 2.45) is 0 Å². The summed E-state index contributed by atoms with van der Waals surface area (Å²) in [7, 11) is 0. The topological polar surface area (TPSA) is 29.3 Å². The van der Waals surface area contributed by atoms with Crippen molar-refractivity contribution in [1.29, 1.82) is 0 Å². The maximum Gasteiger partial charge on any atom is 0.417 e. The van der Waals surface area contributed by atoms with E-state index in [1.54, 1.807) is 0 Å². The van der Waals surface area contributed by atoms with Crippen LogP contribution < -0.4 is 5.32 Å². The largest absolute Gasteiger partial charge is 0.417 e. The van der Waals surface area contributed by atoms with Crippen LogP contribution in [0.15, 0.2) is 48.8 Å². The molecule has 22 heavy (non-hydrogen) atoms. The van der Waals surface area contributed by atoms with E-state index in [9.17, 15) is 13.2 Å². The van der Waals surface area contributed by atoms with E-state index < -0.39 is 11.7 Å². The molecule has 0 bridgehead atoms. The molecule has 0 radical (unpaired) electrons. The average molecular weight is 326 g/mol. The number of alkyl halides is 3. The zero-order valence-electron chi connectivity index (χ0n) is 11.2. The summed E-state index contributed by atoms with van der Waals surface area (Å²) in [5.41, 5.74) is 1.00. The molecule has 114 valence electrons. The Labute approximate surface area is 129 Å². The van der Waals surface area contributed by atoms with E-state index in [1.807, 2.05) is 35.0 Å². The second-order valence-electron chi connectivity index (χ2n) is 4.74. The first kappa shape index (κ1) is 14.7. The highest BCUT2D eigenvalue weighted by molar-refractivity contribution is 6.31. The van der Waals surface area contributed by atoms with Gasteiger partial charge in [-0.15, -0.1) is 0 Å². The lowest BCUT2D eigenvalue weighted by Crippen LogP contribution is -2.07. The van der Waals surface area contributed by atoms with Crippen molar-refractivity contribution < 1.29 is 13.2 Å². The molecule has 3 rings (SSSR count). The summed E-state index contributed by atoms with van der Waals surface area (Å²) in [4.78, 5) is 4.37. The van der Waals surface area contributed by atoms with Crippen LogP contribution in [0, 0.1) is 0 Å². The maximum atomic E-state index is 12.8. The summed E-state index contributed by atoms with van der Waals surface area (Å²) in [6.07, 6.45) is -0.795. The highest BCUT2D eigenvalue weighted by Gasteiger charge is 2.33. The van der Waals surface area contributed by atoms with E-state index in [0.29, 0.717) is 12.2 Å². The first-order valence-corrected chi connectivity index (χ1v) is 6.84. The zero-order chi connectivity index (χ0) is 15.7. The van der Waals surface area contributed by atoms with Crippen LogP contribution in [-0.4, -0.2) is 9.38 Å². The minimum absolute atomic E-state index is 0.314. The molecule has 0 amide bonds. The first-order valence-electron chi connectivity index (χ1n) is 6.47.